The zero-order valence-corrected chi connectivity index (χ0v) is 9.95. The van der Waals surface area contributed by atoms with Crippen LogP contribution in [0.25, 0.3) is 0 Å². The summed E-state index contributed by atoms with van der Waals surface area (Å²) in [5.74, 6) is 0.831. The Balaban J connectivity index is 1.90. The van der Waals surface area contributed by atoms with Gasteiger partial charge in [0.15, 0.2) is 0 Å². The van der Waals surface area contributed by atoms with Gasteiger partial charge in [-0.1, -0.05) is 25.7 Å². The van der Waals surface area contributed by atoms with Gasteiger partial charge in [0, 0.05) is 26.0 Å². The van der Waals surface area contributed by atoms with Crippen molar-refractivity contribution >= 4 is 5.95 Å². The van der Waals surface area contributed by atoms with Crippen molar-refractivity contribution in [2.75, 3.05) is 11.9 Å². The Morgan fingerprint density at radius 2 is 2.06 bits per heavy atom. The van der Waals surface area contributed by atoms with Crippen LogP contribution in [0.1, 0.15) is 38.5 Å². The zero-order valence-electron chi connectivity index (χ0n) is 9.95. The van der Waals surface area contributed by atoms with Crippen LogP contribution < -0.4 is 5.32 Å². The van der Waals surface area contributed by atoms with Gasteiger partial charge in [-0.05, 0) is 12.8 Å². The van der Waals surface area contributed by atoms with Gasteiger partial charge in [0.05, 0.1) is 5.60 Å². The van der Waals surface area contributed by atoms with Gasteiger partial charge in [0.2, 0.25) is 5.95 Å². The van der Waals surface area contributed by atoms with E-state index in [0.717, 1.165) is 31.6 Å². The van der Waals surface area contributed by atoms with E-state index in [1.54, 1.807) is 6.20 Å². The summed E-state index contributed by atoms with van der Waals surface area (Å²) < 4.78 is 1.93. The summed E-state index contributed by atoms with van der Waals surface area (Å²) in [6.45, 7) is 0.609. The van der Waals surface area contributed by atoms with Crippen LogP contribution in [0.5, 0.6) is 0 Å². The van der Waals surface area contributed by atoms with E-state index in [1.165, 1.54) is 12.8 Å². The Morgan fingerprint density at radius 1 is 1.38 bits per heavy atom. The lowest BCUT2D eigenvalue weighted by Gasteiger charge is -2.26. The third-order valence-corrected chi connectivity index (χ3v) is 3.43. The minimum absolute atomic E-state index is 0.539. The fourth-order valence-electron chi connectivity index (χ4n) is 2.34. The van der Waals surface area contributed by atoms with Crippen LogP contribution in [0.4, 0.5) is 5.95 Å². The van der Waals surface area contributed by atoms with Crippen molar-refractivity contribution in [2.24, 2.45) is 7.05 Å². The SMILES string of the molecule is Cn1ccnc1NCC1(O)CCCCCC1. The highest BCUT2D eigenvalue weighted by molar-refractivity contribution is 5.26. The molecule has 0 radical (unpaired) electrons. The first kappa shape index (κ1) is 11.5. The zero-order chi connectivity index (χ0) is 11.4. The second-order valence-electron chi connectivity index (χ2n) is 4.85. The molecule has 1 aliphatic rings. The monoisotopic (exact) mass is 223 g/mol. The summed E-state index contributed by atoms with van der Waals surface area (Å²) in [7, 11) is 1.95. The van der Waals surface area contributed by atoms with E-state index in [-0.39, 0.29) is 0 Å². The molecule has 0 amide bonds. The van der Waals surface area contributed by atoms with Gasteiger partial charge in [0.1, 0.15) is 0 Å². The van der Waals surface area contributed by atoms with Gasteiger partial charge < -0.3 is 15.0 Å². The number of aryl methyl sites for hydroxylation is 1. The number of anilines is 1. The molecule has 2 rings (SSSR count). The minimum atomic E-state index is -0.539. The number of aromatic nitrogens is 2. The molecule has 1 aliphatic carbocycles. The van der Waals surface area contributed by atoms with E-state index in [9.17, 15) is 5.11 Å². The highest BCUT2D eigenvalue weighted by atomic mass is 16.3. The molecule has 16 heavy (non-hydrogen) atoms. The normalized spacial score (nSPS) is 20.4. The Labute approximate surface area is 96.7 Å². The van der Waals surface area contributed by atoms with Crippen molar-refractivity contribution in [3.8, 4) is 0 Å². The average molecular weight is 223 g/mol. The van der Waals surface area contributed by atoms with Crippen molar-refractivity contribution in [1.82, 2.24) is 9.55 Å². The number of nitrogens with zero attached hydrogens (tertiary/aromatic N) is 2. The molecular formula is C12H21N3O. The number of hydrogen-bond donors (Lipinski definition) is 2. The molecule has 1 heterocycles. The standard InChI is InChI=1S/C12H21N3O/c1-15-9-8-13-11(15)14-10-12(16)6-4-2-3-5-7-12/h8-9,16H,2-7,10H2,1H3,(H,13,14). The summed E-state index contributed by atoms with van der Waals surface area (Å²) in [4.78, 5) is 4.20. The maximum Gasteiger partial charge on any atom is 0.202 e. The largest absolute Gasteiger partial charge is 0.388 e. The van der Waals surface area contributed by atoms with E-state index in [1.807, 2.05) is 17.8 Å². The van der Waals surface area contributed by atoms with Gasteiger partial charge in [-0.15, -0.1) is 0 Å². The smallest absolute Gasteiger partial charge is 0.202 e. The molecule has 0 bridgehead atoms. The highest BCUT2D eigenvalue weighted by Gasteiger charge is 2.27. The lowest BCUT2D eigenvalue weighted by molar-refractivity contribution is 0.0379. The molecule has 0 unspecified atom stereocenters. The van der Waals surface area contributed by atoms with Crippen molar-refractivity contribution < 1.29 is 5.11 Å². The molecular weight excluding hydrogens is 202 g/mol. The third-order valence-electron chi connectivity index (χ3n) is 3.43. The topological polar surface area (TPSA) is 50.1 Å². The molecule has 90 valence electrons. The molecule has 2 N–H and O–H groups in total. The third kappa shape index (κ3) is 2.76. The molecule has 4 heteroatoms. The van der Waals surface area contributed by atoms with Crippen LogP contribution >= 0.6 is 0 Å². The van der Waals surface area contributed by atoms with Crippen LogP contribution in [0.2, 0.25) is 0 Å². The molecule has 4 nitrogen and oxygen atoms in total. The lowest BCUT2D eigenvalue weighted by atomic mass is 9.95. The fraction of sp³-hybridized carbons (Fsp3) is 0.750. The van der Waals surface area contributed by atoms with Crippen molar-refractivity contribution in [2.45, 2.75) is 44.1 Å². The Hall–Kier alpha value is -1.03. The first-order valence-electron chi connectivity index (χ1n) is 6.13. The van der Waals surface area contributed by atoms with Crippen LogP contribution in [0.3, 0.4) is 0 Å². The summed E-state index contributed by atoms with van der Waals surface area (Å²) in [5, 5.41) is 13.7. The summed E-state index contributed by atoms with van der Waals surface area (Å²) >= 11 is 0. The van der Waals surface area contributed by atoms with Crippen LogP contribution in [-0.4, -0.2) is 26.8 Å². The predicted octanol–water partition coefficient (Wildman–Crippen LogP) is 1.92. The quantitative estimate of drug-likeness (QED) is 0.770. The molecule has 0 saturated heterocycles. The van der Waals surface area contributed by atoms with Crippen molar-refractivity contribution in [3.05, 3.63) is 12.4 Å². The number of nitrogens with one attached hydrogen (secondary N) is 1. The van der Waals surface area contributed by atoms with Gasteiger partial charge in [-0.25, -0.2) is 4.98 Å². The van der Waals surface area contributed by atoms with Gasteiger partial charge in [-0.2, -0.15) is 0 Å². The molecule has 1 aromatic heterocycles. The maximum atomic E-state index is 10.4. The average Bonchev–Trinajstić information content (AvgIpc) is 2.54. The molecule has 0 spiro atoms. The summed E-state index contributed by atoms with van der Waals surface area (Å²) in [5.41, 5.74) is -0.539. The fourth-order valence-corrected chi connectivity index (χ4v) is 2.34. The molecule has 1 aromatic rings. The second kappa shape index (κ2) is 4.87. The molecule has 0 aliphatic heterocycles. The lowest BCUT2D eigenvalue weighted by Crippen LogP contribution is -2.36. The molecule has 0 aromatic carbocycles. The van der Waals surface area contributed by atoms with E-state index < -0.39 is 5.60 Å². The highest BCUT2D eigenvalue weighted by Crippen LogP contribution is 2.27. The number of imidazole rings is 1. The van der Waals surface area contributed by atoms with Gasteiger partial charge >= 0.3 is 0 Å². The van der Waals surface area contributed by atoms with Crippen molar-refractivity contribution in [3.63, 3.8) is 0 Å². The van der Waals surface area contributed by atoms with Crippen LogP contribution in [0.15, 0.2) is 12.4 Å². The number of rotatable bonds is 3. The second-order valence-corrected chi connectivity index (χ2v) is 4.85. The molecule has 1 fully saturated rings. The Morgan fingerprint density at radius 3 is 2.62 bits per heavy atom. The van der Waals surface area contributed by atoms with E-state index in [0.29, 0.717) is 6.54 Å². The first-order chi connectivity index (χ1) is 7.70. The van der Waals surface area contributed by atoms with E-state index in [2.05, 4.69) is 10.3 Å². The summed E-state index contributed by atoms with van der Waals surface area (Å²) in [6, 6.07) is 0. The summed E-state index contributed by atoms with van der Waals surface area (Å²) in [6.07, 6.45) is 10.3. The van der Waals surface area contributed by atoms with Crippen molar-refractivity contribution in [1.29, 1.82) is 0 Å². The van der Waals surface area contributed by atoms with Crippen LogP contribution in [0, 0.1) is 0 Å². The van der Waals surface area contributed by atoms with Gasteiger partial charge in [0.25, 0.3) is 0 Å². The van der Waals surface area contributed by atoms with Crippen LogP contribution in [-0.2, 0) is 7.05 Å². The Bertz CT molecular complexity index is 327. The number of aliphatic hydroxyl groups is 1. The van der Waals surface area contributed by atoms with E-state index >= 15 is 0 Å². The first-order valence-corrected chi connectivity index (χ1v) is 6.13. The maximum absolute atomic E-state index is 10.4. The Kier molecular flexibility index (Phi) is 3.49. The molecule has 1 saturated carbocycles. The number of hydrogen-bond acceptors (Lipinski definition) is 3. The van der Waals surface area contributed by atoms with Gasteiger partial charge in [-0.3, -0.25) is 0 Å². The van der Waals surface area contributed by atoms with E-state index in [4.69, 9.17) is 0 Å². The predicted molar refractivity (Wildman–Crippen MR) is 64.3 cm³/mol. The minimum Gasteiger partial charge on any atom is -0.388 e. The molecule has 0 atom stereocenters.